The summed E-state index contributed by atoms with van der Waals surface area (Å²) in [4.78, 5) is 25.2. The molecule has 0 atom stereocenters. The molecule has 1 rings (SSSR count). The third-order valence-electron chi connectivity index (χ3n) is 2.50. The maximum Gasteiger partial charge on any atom is 0.325 e. The van der Waals surface area contributed by atoms with E-state index in [9.17, 15) is 9.59 Å². The lowest BCUT2D eigenvalue weighted by molar-refractivity contribution is -0.143. The molecular weight excluding hydrogens is 266 g/mol. The molecular formula is C14H18ClNO3. The first-order valence-electron chi connectivity index (χ1n) is 6.29. The van der Waals surface area contributed by atoms with Crippen LogP contribution < -0.4 is 0 Å². The van der Waals surface area contributed by atoms with Crippen molar-refractivity contribution in [2.24, 2.45) is 0 Å². The van der Waals surface area contributed by atoms with E-state index in [1.54, 1.807) is 31.2 Å². The number of hydrogen-bond acceptors (Lipinski definition) is 3. The van der Waals surface area contributed by atoms with Gasteiger partial charge in [0, 0.05) is 17.1 Å². The number of nitrogens with zero attached hydrogens (tertiary/aromatic N) is 1. The molecule has 0 spiro atoms. The molecule has 19 heavy (non-hydrogen) atoms. The molecule has 0 aliphatic heterocycles. The lowest BCUT2D eigenvalue weighted by Crippen LogP contribution is -2.37. The third kappa shape index (κ3) is 4.91. The number of ether oxygens (including phenoxy) is 1. The van der Waals surface area contributed by atoms with Gasteiger partial charge in [-0.3, -0.25) is 9.59 Å². The summed E-state index contributed by atoms with van der Waals surface area (Å²) in [7, 11) is 0. The van der Waals surface area contributed by atoms with Gasteiger partial charge in [-0.25, -0.2) is 0 Å². The molecule has 0 saturated carbocycles. The number of amides is 1. The molecule has 0 fully saturated rings. The van der Waals surface area contributed by atoms with E-state index in [1.807, 2.05) is 6.92 Å². The van der Waals surface area contributed by atoms with Crippen molar-refractivity contribution in [2.75, 3.05) is 19.7 Å². The van der Waals surface area contributed by atoms with E-state index in [4.69, 9.17) is 16.3 Å². The molecule has 0 saturated heterocycles. The van der Waals surface area contributed by atoms with Gasteiger partial charge in [-0.1, -0.05) is 18.5 Å². The van der Waals surface area contributed by atoms with E-state index in [1.165, 1.54) is 4.90 Å². The molecule has 0 bridgehead atoms. The first-order valence-corrected chi connectivity index (χ1v) is 6.66. The van der Waals surface area contributed by atoms with Gasteiger partial charge < -0.3 is 9.64 Å². The summed E-state index contributed by atoms with van der Waals surface area (Å²) in [6.45, 7) is 4.49. The monoisotopic (exact) mass is 283 g/mol. The fourth-order valence-electron chi connectivity index (χ4n) is 1.66. The molecule has 0 unspecified atom stereocenters. The summed E-state index contributed by atoms with van der Waals surface area (Å²) in [5, 5.41) is 0.573. The lowest BCUT2D eigenvalue weighted by atomic mass is 10.2. The minimum Gasteiger partial charge on any atom is -0.465 e. The topological polar surface area (TPSA) is 46.6 Å². The summed E-state index contributed by atoms with van der Waals surface area (Å²) in [6.07, 6.45) is 0.777. The largest absolute Gasteiger partial charge is 0.465 e. The van der Waals surface area contributed by atoms with Gasteiger partial charge in [0.05, 0.1) is 6.61 Å². The van der Waals surface area contributed by atoms with Gasteiger partial charge in [0.2, 0.25) is 0 Å². The predicted octanol–water partition coefficient (Wildman–Crippen LogP) is 2.76. The standard InChI is InChI=1S/C14H18ClNO3/c1-3-9-16(10-13(17)19-4-2)14(18)11-5-7-12(15)8-6-11/h5-8H,3-4,9-10H2,1-2H3. The van der Waals surface area contributed by atoms with Crippen molar-refractivity contribution in [2.45, 2.75) is 20.3 Å². The van der Waals surface area contributed by atoms with Gasteiger partial charge in [-0.05, 0) is 37.6 Å². The molecule has 0 heterocycles. The number of esters is 1. The van der Waals surface area contributed by atoms with Gasteiger partial charge in [0.1, 0.15) is 6.54 Å². The zero-order valence-corrected chi connectivity index (χ0v) is 11.9. The highest BCUT2D eigenvalue weighted by atomic mass is 35.5. The molecule has 4 nitrogen and oxygen atoms in total. The molecule has 1 aromatic rings. The Morgan fingerprint density at radius 3 is 2.37 bits per heavy atom. The minimum absolute atomic E-state index is 0.0247. The number of rotatable bonds is 6. The fourth-order valence-corrected chi connectivity index (χ4v) is 1.79. The number of carbonyl (C=O) groups excluding carboxylic acids is 2. The molecule has 5 heteroatoms. The van der Waals surface area contributed by atoms with Crippen molar-refractivity contribution >= 4 is 23.5 Å². The van der Waals surface area contributed by atoms with E-state index in [0.717, 1.165) is 6.42 Å². The highest BCUT2D eigenvalue weighted by Gasteiger charge is 2.18. The number of halogens is 1. The van der Waals surface area contributed by atoms with Gasteiger partial charge in [-0.15, -0.1) is 0 Å². The zero-order chi connectivity index (χ0) is 14.3. The zero-order valence-electron chi connectivity index (χ0n) is 11.2. The Balaban J connectivity index is 2.77. The normalized spacial score (nSPS) is 10.1. The Morgan fingerprint density at radius 1 is 1.21 bits per heavy atom. The fraction of sp³-hybridized carbons (Fsp3) is 0.429. The van der Waals surface area contributed by atoms with E-state index in [0.29, 0.717) is 23.7 Å². The predicted molar refractivity (Wildman–Crippen MR) is 74.3 cm³/mol. The summed E-state index contributed by atoms with van der Waals surface area (Å²) < 4.78 is 4.87. The number of benzene rings is 1. The van der Waals surface area contributed by atoms with E-state index in [2.05, 4.69) is 0 Å². The molecule has 104 valence electrons. The second-order valence-electron chi connectivity index (χ2n) is 4.04. The molecule has 1 aromatic carbocycles. The summed E-state index contributed by atoms with van der Waals surface area (Å²) >= 11 is 5.78. The average molecular weight is 284 g/mol. The van der Waals surface area contributed by atoms with Crippen molar-refractivity contribution in [3.05, 3.63) is 34.9 Å². The molecule has 1 amide bonds. The highest BCUT2D eigenvalue weighted by Crippen LogP contribution is 2.12. The maximum absolute atomic E-state index is 12.3. The summed E-state index contributed by atoms with van der Waals surface area (Å²) in [5.74, 6) is -0.579. The van der Waals surface area contributed by atoms with Crippen molar-refractivity contribution < 1.29 is 14.3 Å². The van der Waals surface area contributed by atoms with Crippen molar-refractivity contribution in [3.63, 3.8) is 0 Å². The van der Waals surface area contributed by atoms with Crippen LogP contribution in [0.25, 0.3) is 0 Å². The molecule has 0 aliphatic rings. The van der Waals surface area contributed by atoms with Crippen molar-refractivity contribution in [1.29, 1.82) is 0 Å². The van der Waals surface area contributed by atoms with E-state index >= 15 is 0 Å². The summed E-state index contributed by atoms with van der Waals surface area (Å²) in [6, 6.07) is 6.61. The van der Waals surface area contributed by atoms with Crippen LogP contribution in [0, 0.1) is 0 Å². The Hall–Kier alpha value is -1.55. The quantitative estimate of drug-likeness (QED) is 0.754. The van der Waals surface area contributed by atoms with Gasteiger partial charge in [0.15, 0.2) is 0 Å². The van der Waals surface area contributed by atoms with Crippen LogP contribution in [-0.2, 0) is 9.53 Å². The van der Waals surface area contributed by atoms with Crippen LogP contribution in [-0.4, -0.2) is 36.5 Å². The number of hydrogen-bond donors (Lipinski definition) is 0. The maximum atomic E-state index is 12.3. The van der Waals surface area contributed by atoms with Gasteiger partial charge >= 0.3 is 5.97 Å². The average Bonchev–Trinajstić information content (AvgIpc) is 2.38. The second kappa shape index (κ2) is 7.79. The van der Waals surface area contributed by atoms with Crippen molar-refractivity contribution in [1.82, 2.24) is 4.90 Å². The molecule has 0 aromatic heterocycles. The first-order chi connectivity index (χ1) is 9.08. The van der Waals surface area contributed by atoms with Crippen LogP contribution in [0.1, 0.15) is 30.6 Å². The van der Waals surface area contributed by atoms with E-state index in [-0.39, 0.29) is 12.5 Å². The Bertz CT molecular complexity index is 431. The summed E-state index contributed by atoms with van der Waals surface area (Å²) in [5.41, 5.74) is 0.516. The van der Waals surface area contributed by atoms with Crippen LogP contribution >= 0.6 is 11.6 Å². The van der Waals surface area contributed by atoms with Crippen LogP contribution in [0.3, 0.4) is 0 Å². The minimum atomic E-state index is -0.390. The molecule has 0 aliphatic carbocycles. The SMILES string of the molecule is CCCN(CC(=O)OCC)C(=O)c1ccc(Cl)cc1. The van der Waals surface area contributed by atoms with Gasteiger partial charge in [-0.2, -0.15) is 0 Å². The Morgan fingerprint density at radius 2 is 1.84 bits per heavy atom. The van der Waals surface area contributed by atoms with Crippen molar-refractivity contribution in [3.8, 4) is 0 Å². The first kappa shape index (κ1) is 15.5. The lowest BCUT2D eigenvalue weighted by Gasteiger charge is -2.21. The third-order valence-corrected chi connectivity index (χ3v) is 2.75. The Labute approximate surface area is 118 Å². The highest BCUT2D eigenvalue weighted by molar-refractivity contribution is 6.30. The van der Waals surface area contributed by atoms with Gasteiger partial charge in [0.25, 0.3) is 5.91 Å². The smallest absolute Gasteiger partial charge is 0.325 e. The van der Waals surface area contributed by atoms with Crippen LogP contribution in [0.2, 0.25) is 5.02 Å². The van der Waals surface area contributed by atoms with Crippen LogP contribution in [0.5, 0.6) is 0 Å². The Kier molecular flexibility index (Phi) is 6.36. The number of carbonyl (C=O) groups is 2. The molecule has 0 radical (unpaired) electrons. The molecule has 0 N–H and O–H groups in total. The van der Waals surface area contributed by atoms with Crippen LogP contribution in [0.4, 0.5) is 0 Å². The second-order valence-corrected chi connectivity index (χ2v) is 4.48. The van der Waals surface area contributed by atoms with Crippen LogP contribution in [0.15, 0.2) is 24.3 Å². The van der Waals surface area contributed by atoms with E-state index < -0.39 is 5.97 Å².